The molecule has 0 saturated carbocycles. The fourth-order valence-corrected chi connectivity index (χ4v) is 2.55. The number of nitrogens with one attached hydrogen (secondary N) is 1. The predicted octanol–water partition coefficient (Wildman–Crippen LogP) is 3.95. The first-order valence-electron chi connectivity index (χ1n) is 6.39. The van der Waals surface area contributed by atoms with E-state index < -0.39 is 0 Å². The van der Waals surface area contributed by atoms with E-state index in [-0.39, 0.29) is 12.5 Å². The van der Waals surface area contributed by atoms with Crippen LogP contribution in [0.25, 0.3) is 0 Å². The van der Waals surface area contributed by atoms with Crippen LogP contribution in [-0.2, 0) is 4.79 Å². The molecule has 0 aliphatic heterocycles. The Balaban J connectivity index is 1.97. The highest BCUT2D eigenvalue weighted by atomic mass is 35.5. The van der Waals surface area contributed by atoms with Crippen LogP contribution in [0.3, 0.4) is 0 Å². The maximum Gasteiger partial charge on any atom is 0.262 e. The van der Waals surface area contributed by atoms with Crippen molar-refractivity contribution < 1.29 is 9.53 Å². The fourth-order valence-electron chi connectivity index (χ4n) is 1.76. The lowest BCUT2D eigenvalue weighted by atomic mass is 10.2. The van der Waals surface area contributed by atoms with Crippen LogP contribution in [-0.4, -0.2) is 18.8 Å². The van der Waals surface area contributed by atoms with Crippen molar-refractivity contribution in [3.8, 4) is 11.8 Å². The molecule has 0 heterocycles. The molecule has 0 aromatic heterocycles. The van der Waals surface area contributed by atoms with E-state index in [1.807, 2.05) is 36.6 Å². The van der Waals surface area contributed by atoms with Gasteiger partial charge in [-0.1, -0.05) is 23.7 Å². The number of nitrogens with zero attached hydrogens (tertiary/aromatic N) is 1. The highest BCUT2D eigenvalue weighted by Crippen LogP contribution is 2.26. The van der Waals surface area contributed by atoms with Gasteiger partial charge in [0.2, 0.25) is 0 Å². The average Bonchev–Trinajstić information content (AvgIpc) is 2.54. The summed E-state index contributed by atoms with van der Waals surface area (Å²) in [6.07, 6.45) is 1.94. The second kappa shape index (κ2) is 7.74. The number of hydrogen-bond donors (Lipinski definition) is 1. The molecule has 2 aromatic rings. The van der Waals surface area contributed by atoms with Crippen molar-refractivity contribution in [3.63, 3.8) is 0 Å². The highest BCUT2D eigenvalue weighted by Gasteiger charge is 2.09. The van der Waals surface area contributed by atoms with Crippen LogP contribution in [0.2, 0.25) is 5.02 Å². The number of halogens is 1. The van der Waals surface area contributed by atoms with Crippen molar-refractivity contribution in [2.24, 2.45) is 0 Å². The monoisotopic (exact) mass is 332 g/mol. The molecule has 0 spiro atoms. The van der Waals surface area contributed by atoms with Gasteiger partial charge in [-0.25, -0.2) is 0 Å². The Morgan fingerprint density at radius 3 is 2.82 bits per heavy atom. The lowest BCUT2D eigenvalue weighted by Crippen LogP contribution is -2.20. The first-order valence-corrected chi connectivity index (χ1v) is 7.99. The molecule has 2 rings (SSSR count). The summed E-state index contributed by atoms with van der Waals surface area (Å²) in [7, 11) is 0. The summed E-state index contributed by atoms with van der Waals surface area (Å²) in [6, 6.07) is 14.2. The van der Waals surface area contributed by atoms with E-state index in [0.29, 0.717) is 16.3 Å². The molecule has 0 unspecified atom stereocenters. The van der Waals surface area contributed by atoms with Crippen molar-refractivity contribution in [1.29, 1.82) is 5.26 Å². The summed E-state index contributed by atoms with van der Waals surface area (Å²) in [5.74, 6) is 0.0934. The van der Waals surface area contributed by atoms with Crippen LogP contribution in [0.4, 0.5) is 5.69 Å². The van der Waals surface area contributed by atoms with Gasteiger partial charge in [-0.05, 0) is 36.6 Å². The number of thioether (sulfide) groups is 1. The molecule has 1 N–H and O–H groups in total. The Morgan fingerprint density at radius 2 is 2.14 bits per heavy atom. The van der Waals surface area contributed by atoms with Crippen LogP contribution in [0, 0.1) is 11.3 Å². The van der Waals surface area contributed by atoms with Crippen molar-refractivity contribution in [3.05, 3.63) is 53.1 Å². The smallest absolute Gasteiger partial charge is 0.262 e. The molecule has 0 saturated heterocycles. The molecule has 0 aliphatic carbocycles. The maximum atomic E-state index is 11.9. The fraction of sp³-hybridized carbons (Fsp3) is 0.125. The number of para-hydroxylation sites is 1. The van der Waals surface area contributed by atoms with Crippen LogP contribution in [0.15, 0.2) is 47.4 Å². The van der Waals surface area contributed by atoms with E-state index in [1.165, 1.54) is 6.07 Å². The molecule has 1 amide bonds. The van der Waals surface area contributed by atoms with Crippen molar-refractivity contribution in [1.82, 2.24) is 0 Å². The largest absolute Gasteiger partial charge is 0.482 e. The standard InChI is InChI=1S/C16H13ClN2O2S/c1-22-15-5-3-2-4-13(15)19-16(20)10-21-14-7-6-11(9-18)8-12(14)17/h2-8H,10H2,1H3,(H,19,20). The minimum absolute atomic E-state index is 0.158. The van der Waals surface area contributed by atoms with Gasteiger partial charge >= 0.3 is 0 Å². The van der Waals surface area contributed by atoms with Crippen molar-refractivity contribution >= 4 is 35.0 Å². The van der Waals surface area contributed by atoms with Crippen molar-refractivity contribution in [2.45, 2.75) is 4.90 Å². The molecule has 22 heavy (non-hydrogen) atoms. The van der Waals surface area contributed by atoms with Crippen LogP contribution >= 0.6 is 23.4 Å². The van der Waals surface area contributed by atoms with E-state index in [1.54, 1.807) is 23.9 Å². The molecule has 2 aromatic carbocycles. The van der Waals surface area contributed by atoms with Gasteiger partial charge in [0.1, 0.15) is 5.75 Å². The quantitative estimate of drug-likeness (QED) is 0.842. The molecular formula is C16H13ClN2O2S. The Kier molecular flexibility index (Phi) is 5.70. The summed E-state index contributed by atoms with van der Waals surface area (Å²) >= 11 is 7.54. The Labute approximate surface area is 138 Å². The van der Waals surface area contributed by atoms with E-state index in [4.69, 9.17) is 21.6 Å². The van der Waals surface area contributed by atoms with Gasteiger partial charge in [0.15, 0.2) is 6.61 Å². The number of nitriles is 1. The normalized spacial score (nSPS) is 9.86. The number of ether oxygens (including phenoxy) is 1. The van der Waals surface area contributed by atoms with Gasteiger partial charge in [-0.2, -0.15) is 5.26 Å². The van der Waals surface area contributed by atoms with E-state index in [0.717, 1.165) is 10.6 Å². The first kappa shape index (κ1) is 16.2. The van der Waals surface area contributed by atoms with Crippen LogP contribution in [0.5, 0.6) is 5.75 Å². The highest BCUT2D eigenvalue weighted by molar-refractivity contribution is 7.98. The molecule has 0 bridgehead atoms. The number of amides is 1. The zero-order valence-electron chi connectivity index (χ0n) is 11.8. The zero-order valence-corrected chi connectivity index (χ0v) is 13.4. The molecule has 0 fully saturated rings. The molecule has 6 heteroatoms. The second-order valence-corrected chi connectivity index (χ2v) is 5.55. The van der Waals surface area contributed by atoms with Gasteiger partial charge < -0.3 is 10.1 Å². The number of carbonyl (C=O) groups excluding carboxylic acids is 1. The molecule has 0 atom stereocenters. The number of rotatable bonds is 5. The topological polar surface area (TPSA) is 62.1 Å². The Bertz CT molecular complexity index is 728. The third-order valence-corrected chi connectivity index (χ3v) is 3.89. The van der Waals surface area contributed by atoms with Gasteiger partial charge in [-0.15, -0.1) is 11.8 Å². The SMILES string of the molecule is CSc1ccccc1NC(=O)COc1ccc(C#N)cc1Cl. The van der Waals surface area contributed by atoms with E-state index in [2.05, 4.69) is 5.32 Å². The van der Waals surface area contributed by atoms with Gasteiger partial charge in [0.25, 0.3) is 5.91 Å². The van der Waals surface area contributed by atoms with Crippen LogP contribution < -0.4 is 10.1 Å². The average molecular weight is 333 g/mol. The number of hydrogen-bond acceptors (Lipinski definition) is 4. The summed E-state index contributed by atoms with van der Waals surface area (Å²) in [6.45, 7) is -0.158. The predicted molar refractivity (Wildman–Crippen MR) is 88.5 cm³/mol. The minimum atomic E-state index is -0.276. The minimum Gasteiger partial charge on any atom is -0.482 e. The maximum absolute atomic E-state index is 11.9. The number of anilines is 1. The van der Waals surface area contributed by atoms with Gasteiger partial charge in [0, 0.05) is 4.90 Å². The number of benzene rings is 2. The van der Waals surface area contributed by atoms with Gasteiger partial charge in [-0.3, -0.25) is 4.79 Å². The lowest BCUT2D eigenvalue weighted by Gasteiger charge is -2.11. The summed E-state index contributed by atoms with van der Waals surface area (Å²) in [4.78, 5) is 12.9. The summed E-state index contributed by atoms with van der Waals surface area (Å²) in [5.41, 5.74) is 1.19. The summed E-state index contributed by atoms with van der Waals surface area (Å²) in [5, 5.41) is 11.9. The molecule has 4 nitrogen and oxygen atoms in total. The lowest BCUT2D eigenvalue weighted by molar-refractivity contribution is -0.118. The molecule has 112 valence electrons. The van der Waals surface area contributed by atoms with E-state index >= 15 is 0 Å². The first-order chi connectivity index (χ1) is 10.6. The third-order valence-electron chi connectivity index (χ3n) is 2.80. The number of carbonyl (C=O) groups is 1. The van der Waals surface area contributed by atoms with Gasteiger partial charge in [0.05, 0.1) is 22.3 Å². The third kappa shape index (κ3) is 4.17. The Morgan fingerprint density at radius 1 is 1.36 bits per heavy atom. The molecular weight excluding hydrogens is 320 g/mol. The summed E-state index contributed by atoms with van der Waals surface area (Å²) < 4.78 is 5.38. The second-order valence-electron chi connectivity index (χ2n) is 4.29. The zero-order chi connectivity index (χ0) is 15.9. The Hall–Kier alpha value is -2.16. The van der Waals surface area contributed by atoms with Crippen molar-refractivity contribution in [2.75, 3.05) is 18.2 Å². The molecule has 0 aliphatic rings. The molecule has 0 radical (unpaired) electrons. The van der Waals surface area contributed by atoms with Crippen LogP contribution in [0.1, 0.15) is 5.56 Å². The van der Waals surface area contributed by atoms with E-state index in [9.17, 15) is 4.79 Å².